The fraction of sp³-hybridized carbons (Fsp3) is 0.286. The van der Waals surface area contributed by atoms with Crippen LogP contribution in [0, 0.1) is 13.8 Å². The minimum atomic E-state index is -0.0153. The van der Waals surface area contributed by atoms with Gasteiger partial charge in [0, 0.05) is 44.8 Å². The summed E-state index contributed by atoms with van der Waals surface area (Å²) in [6.07, 6.45) is 0. The first-order valence-electron chi connectivity index (χ1n) is 11.9. The molecule has 1 amide bonds. The molecule has 3 aromatic carbocycles. The lowest BCUT2D eigenvalue weighted by Gasteiger charge is -2.34. The zero-order valence-electron chi connectivity index (χ0n) is 19.8. The molecule has 5 nitrogen and oxygen atoms in total. The lowest BCUT2D eigenvalue weighted by molar-refractivity contribution is 0.0948. The topological polar surface area (TPSA) is 48.5 Å². The number of fused-ring (bicyclic) bond motifs is 1. The Labute approximate surface area is 205 Å². The third kappa shape index (κ3) is 4.83. The van der Waals surface area contributed by atoms with Gasteiger partial charge in [-0.15, -0.1) is 0 Å². The van der Waals surface area contributed by atoms with E-state index in [2.05, 4.69) is 53.2 Å². The standard InChI is InChI=1S/C28H30N4OS/c1-20-8-9-21(2)26-25(20)30-28(34-26)32-18-16-31(17-19-32)15-14-29-27(33)24-12-10-23(11-13-24)22-6-4-3-5-7-22/h3-13H,14-19H2,1-2H3,(H,29,33). The summed E-state index contributed by atoms with van der Waals surface area (Å²) in [5.74, 6) is -0.0153. The third-order valence-electron chi connectivity index (χ3n) is 6.54. The van der Waals surface area contributed by atoms with Gasteiger partial charge < -0.3 is 10.2 Å². The number of amides is 1. The first-order valence-corrected chi connectivity index (χ1v) is 12.7. The molecule has 2 heterocycles. The molecule has 0 atom stereocenters. The second-order valence-electron chi connectivity index (χ2n) is 8.90. The van der Waals surface area contributed by atoms with Gasteiger partial charge in [0.15, 0.2) is 5.13 Å². The van der Waals surface area contributed by atoms with Crippen LogP contribution in [-0.4, -0.2) is 55.1 Å². The first-order chi connectivity index (χ1) is 16.6. The van der Waals surface area contributed by atoms with Gasteiger partial charge in [0.2, 0.25) is 0 Å². The summed E-state index contributed by atoms with van der Waals surface area (Å²) in [6.45, 7) is 9.70. The maximum atomic E-state index is 12.6. The van der Waals surface area contributed by atoms with Crippen molar-refractivity contribution in [3.63, 3.8) is 0 Å². The Morgan fingerprint density at radius 3 is 2.26 bits per heavy atom. The van der Waals surface area contributed by atoms with Crippen molar-refractivity contribution in [1.82, 2.24) is 15.2 Å². The highest BCUT2D eigenvalue weighted by Crippen LogP contribution is 2.33. The average molecular weight is 471 g/mol. The van der Waals surface area contributed by atoms with E-state index < -0.39 is 0 Å². The molecule has 5 rings (SSSR count). The van der Waals surface area contributed by atoms with E-state index in [0.29, 0.717) is 12.1 Å². The lowest BCUT2D eigenvalue weighted by Crippen LogP contribution is -2.48. The highest BCUT2D eigenvalue weighted by Gasteiger charge is 2.20. The van der Waals surface area contributed by atoms with Crippen LogP contribution in [0.3, 0.4) is 0 Å². The SMILES string of the molecule is Cc1ccc(C)c2sc(N3CCN(CCNC(=O)c4ccc(-c5ccccc5)cc4)CC3)nc12. The Morgan fingerprint density at radius 2 is 1.56 bits per heavy atom. The molecule has 1 fully saturated rings. The van der Waals surface area contributed by atoms with E-state index in [1.165, 1.54) is 15.8 Å². The molecule has 1 aliphatic rings. The van der Waals surface area contributed by atoms with Crippen LogP contribution >= 0.6 is 11.3 Å². The summed E-state index contributed by atoms with van der Waals surface area (Å²) in [5.41, 5.74) is 6.66. The molecule has 0 radical (unpaired) electrons. The zero-order chi connectivity index (χ0) is 23.5. The van der Waals surface area contributed by atoms with Gasteiger partial charge in [0.1, 0.15) is 0 Å². The molecule has 1 aliphatic heterocycles. The Bertz CT molecular complexity index is 1240. The third-order valence-corrected chi connectivity index (χ3v) is 7.79. The number of thiazole rings is 1. The van der Waals surface area contributed by atoms with Gasteiger partial charge in [-0.05, 0) is 48.2 Å². The normalized spacial score (nSPS) is 14.5. The van der Waals surface area contributed by atoms with Crippen LogP contribution in [0.15, 0.2) is 66.7 Å². The number of piperazine rings is 1. The van der Waals surface area contributed by atoms with Crippen LogP contribution in [0.5, 0.6) is 0 Å². The van der Waals surface area contributed by atoms with Crippen LogP contribution in [0.25, 0.3) is 21.3 Å². The maximum Gasteiger partial charge on any atom is 0.251 e. The van der Waals surface area contributed by atoms with Gasteiger partial charge in [0.05, 0.1) is 10.2 Å². The van der Waals surface area contributed by atoms with Gasteiger partial charge in [-0.25, -0.2) is 4.98 Å². The number of anilines is 1. The van der Waals surface area contributed by atoms with Crippen molar-refractivity contribution < 1.29 is 4.79 Å². The molecule has 1 aromatic heterocycles. The summed E-state index contributed by atoms with van der Waals surface area (Å²) in [7, 11) is 0. The van der Waals surface area contributed by atoms with Crippen molar-refractivity contribution >= 4 is 32.6 Å². The van der Waals surface area contributed by atoms with Gasteiger partial charge in [-0.1, -0.05) is 65.9 Å². The Hall–Kier alpha value is -3.22. The van der Waals surface area contributed by atoms with Gasteiger partial charge in [-0.2, -0.15) is 0 Å². The van der Waals surface area contributed by atoms with Crippen molar-refractivity contribution in [1.29, 1.82) is 0 Å². The fourth-order valence-electron chi connectivity index (χ4n) is 4.42. The van der Waals surface area contributed by atoms with Crippen molar-refractivity contribution in [2.45, 2.75) is 13.8 Å². The van der Waals surface area contributed by atoms with Crippen molar-refractivity contribution in [2.75, 3.05) is 44.2 Å². The van der Waals surface area contributed by atoms with E-state index in [1.54, 1.807) is 11.3 Å². The molecule has 0 unspecified atom stereocenters. The van der Waals surface area contributed by atoms with E-state index >= 15 is 0 Å². The van der Waals surface area contributed by atoms with E-state index in [1.807, 2.05) is 42.5 Å². The van der Waals surface area contributed by atoms with Crippen LogP contribution in [-0.2, 0) is 0 Å². The van der Waals surface area contributed by atoms with E-state index in [4.69, 9.17) is 4.98 Å². The number of aryl methyl sites for hydroxylation is 2. The number of hydrogen-bond acceptors (Lipinski definition) is 5. The number of rotatable bonds is 6. The van der Waals surface area contributed by atoms with Crippen LogP contribution in [0.1, 0.15) is 21.5 Å². The highest BCUT2D eigenvalue weighted by atomic mass is 32.1. The molecule has 0 spiro atoms. The monoisotopic (exact) mass is 470 g/mol. The zero-order valence-corrected chi connectivity index (χ0v) is 20.6. The molecule has 0 aliphatic carbocycles. The summed E-state index contributed by atoms with van der Waals surface area (Å²) in [4.78, 5) is 22.3. The quantitative estimate of drug-likeness (QED) is 0.424. The number of carbonyl (C=O) groups is 1. The summed E-state index contributed by atoms with van der Waals surface area (Å²) in [6, 6.07) is 22.4. The Morgan fingerprint density at radius 1 is 0.882 bits per heavy atom. The Kier molecular flexibility index (Phi) is 6.61. The first kappa shape index (κ1) is 22.6. The number of nitrogens with zero attached hydrogens (tertiary/aromatic N) is 3. The summed E-state index contributed by atoms with van der Waals surface area (Å²) in [5, 5.41) is 4.20. The van der Waals surface area contributed by atoms with Crippen LogP contribution in [0.2, 0.25) is 0 Å². The molecule has 6 heteroatoms. The molecular weight excluding hydrogens is 440 g/mol. The summed E-state index contributed by atoms with van der Waals surface area (Å²) >= 11 is 1.80. The van der Waals surface area contributed by atoms with Crippen LogP contribution in [0.4, 0.5) is 5.13 Å². The lowest BCUT2D eigenvalue weighted by atomic mass is 10.0. The predicted molar refractivity (Wildman–Crippen MR) is 142 cm³/mol. The second-order valence-corrected chi connectivity index (χ2v) is 9.88. The fourth-order valence-corrected chi connectivity index (χ4v) is 5.58. The number of carbonyl (C=O) groups excluding carboxylic acids is 1. The molecule has 1 saturated heterocycles. The second kappa shape index (κ2) is 9.95. The average Bonchev–Trinajstić information content (AvgIpc) is 3.34. The minimum Gasteiger partial charge on any atom is -0.351 e. The molecule has 4 aromatic rings. The number of aromatic nitrogens is 1. The molecule has 1 N–H and O–H groups in total. The Balaban J connectivity index is 1.10. The van der Waals surface area contributed by atoms with Gasteiger partial charge >= 0.3 is 0 Å². The van der Waals surface area contributed by atoms with Crippen molar-refractivity contribution in [3.8, 4) is 11.1 Å². The largest absolute Gasteiger partial charge is 0.351 e. The summed E-state index contributed by atoms with van der Waals surface area (Å²) < 4.78 is 1.30. The van der Waals surface area contributed by atoms with Crippen LogP contribution < -0.4 is 10.2 Å². The molecule has 174 valence electrons. The maximum absolute atomic E-state index is 12.6. The highest BCUT2D eigenvalue weighted by molar-refractivity contribution is 7.22. The van der Waals surface area contributed by atoms with E-state index in [0.717, 1.165) is 54.5 Å². The van der Waals surface area contributed by atoms with E-state index in [9.17, 15) is 4.79 Å². The number of hydrogen-bond donors (Lipinski definition) is 1. The van der Waals surface area contributed by atoms with Gasteiger partial charge in [-0.3, -0.25) is 9.69 Å². The predicted octanol–water partition coefficient (Wildman–Crippen LogP) is 5.13. The number of nitrogens with one attached hydrogen (secondary N) is 1. The number of benzene rings is 3. The molecular formula is C28H30N4OS. The van der Waals surface area contributed by atoms with Crippen molar-refractivity contribution in [3.05, 3.63) is 83.4 Å². The molecule has 0 saturated carbocycles. The molecule has 34 heavy (non-hydrogen) atoms. The minimum absolute atomic E-state index is 0.0153. The molecule has 0 bridgehead atoms. The van der Waals surface area contributed by atoms with Gasteiger partial charge in [0.25, 0.3) is 5.91 Å². The smallest absolute Gasteiger partial charge is 0.251 e. The van der Waals surface area contributed by atoms with Crippen molar-refractivity contribution in [2.24, 2.45) is 0 Å². The van der Waals surface area contributed by atoms with E-state index in [-0.39, 0.29) is 5.91 Å².